The van der Waals surface area contributed by atoms with Crippen LogP contribution >= 0.6 is 0 Å². The first kappa shape index (κ1) is 14.5. The minimum absolute atomic E-state index is 0.0280. The number of hydrogen-bond donors (Lipinski definition) is 2. The number of rotatable bonds is 3. The molecule has 1 saturated heterocycles. The van der Waals surface area contributed by atoms with Crippen LogP contribution in [0.3, 0.4) is 0 Å². The van der Waals surface area contributed by atoms with E-state index in [4.69, 9.17) is 10.6 Å². The molecule has 1 amide bonds. The first-order valence-corrected chi connectivity index (χ1v) is 7.94. The van der Waals surface area contributed by atoms with Gasteiger partial charge in [-0.25, -0.2) is 10.5 Å². The molecule has 0 bridgehead atoms. The molecule has 116 valence electrons. The molecule has 1 aromatic heterocycles. The van der Waals surface area contributed by atoms with E-state index in [2.05, 4.69) is 16.7 Å². The molecule has 0 spiro atoms. The van der Waals surface area contributed by atoms with E-state index in [1.165, 1.54) is 12.0 Å². The van der Waals surface area contributed by atoms with Crippen LogP contribution < -0.4 is 11.3 Å². The lowest BCUT2D eigenvalue weighted by molar-refractivity contribution is -0.126. The molecule has 6 nitrogen and oxygen atoms in total. The van der Waals surface area contributed by atoms with Gasteiger partial charge in [-0.15, -0.1) is 0 Å². The van der Waals surface area contributed by atoms with Crippen LogP contribution in [0.15, 0.2) is 12.4 Å². The van der Waals surface area contributed by atoms with Gasteiger partial charge in [-0.3, -0.25) is 10.2 Å². The van der Waals surface area contributed by atoms with E-state index in [0.29, 0.717) is 5.92 Å². The highest BCUT2D eigenvalue weighted by atomic mass is 16.5. The lowest BCUT2D eigenvalue weighted by atomic mass is 9.79. The Hall–Kier alpha value is -1.40. The third kappa shape index (κ3) is 3.27. The molecule has 1 atom stereocenters. The van der Waals surface area contributed by atoms with Gasteiger partial charge < -0.3 is 4.74 Å². The van der Waals surface area contributed by atoms with Gasteiger partial charge in [-0.2, -0.15) is 5.10 Å². The fourth-order valence-corrected chi connectivity index (χ4v) is 3.46. The largest absolute Gasteiger partial charge is 0.357 e. The highest BCUT2D eigenvalue weighted by Crippen LogP contribution is 2.36. The molecule has 6 heteroatoms. The summed E-state index contributed by atoms with van der Waals surface area (Å²) in [6, 6.07) is 0. The maximum absolute atomic E-state index is 11.6. The second-order valence-electron chi connectivity index (χ2n) is 6.13. The van der Waals surface area contributed by atoms with Crippen LogP contribution in [0.1, 0.15) is 62.7 Å². The van der Waals surface area contributed by atoms with E-state index in [-0.39, 0.29) is 18.1 Å². The molecule has 3 rings (SSSR count). The zero-order valence-corrected chi connectivity index (χ0v) is 12.3. The van der Waals surface area contributed by atoms with Crippen molar-refractivity contribution in [3.05, 3.63) is 18.0 Å². The first-order chi connectivity index (χ1) is 10.3. The van der Waals surface area contributed by atoms with Gasteiger partial charge in [0.15, 0.2) is 0 Å². The summed E-state index contributed by atoms with van der Waals surface area (Å²) in [7, 11) is 0. The second kappa shape index (κ2) is 6.58. The summed E-state index contributed by atoms with van der Waals surface area (Å²) < 4.78 is 7.73. The topological polar surface area (TPSA) is 82.2 Å². The number of carbonyl (C=O) groups excluding carboxylic acids is 1. The fraction of sp³-hybridized carbons (Fsp3) is 0.733. The second-order valence-corrected chi connectivity index (χ2v) is 6.13. The number of amides is 1. The van der Waals surface area contributed by atoms with Crippen LogP contribution in [0.25, 0.3) is 0 Å². The third-order valence-corrected chi connectivity index (χ3v) is 4.78. The fourth-order valence-electron chi connectivity index (χ4n) is 3.46. The molecule has 1 aliphatic heterocycles. The van der Waals surface area contributed by atoms with Gasteiger partial charge in [-0.1, -0.05) is 0 Å². The van der Waals surface area contributed by atoms with Crippen LogP contribution in [0, 0.1) is 5.92 Å². The average Bonchev–Trinajstić information content (AvgIpc) is 3.05. The van der Waals surface area contributed by atoms with E-state index < -0.39 is 0 Å². The van der Waals surface area contributed by atoms with Crippen molar-refractivity contribution in [2.24, 2.45) is 11.8 Å². The van der Waals surface area contributed by atoms with Crippen LogP contribution in [0.4, 0.5) is 0 Å². The number of hydrazine groups is 1. The summed E-state index contributed by atoms with van der Waals surface area (Å²) in [6.45, 7) is 0.833. The van der Waals surface area contributed by atoms with Gasteiger partial charge in [0.05, 0.1) is 6.20 Å². The molecule has 1 saturated carbocycles. The SMILES string of the molecule is NNC(=O)C1CCC(c2cnn(C3CCCCO3)c2)CC1. The number of nitrogens with two attached hydrogens (primary N) is 1. The highest BCUT2D eigenvalue weighted by molar-refractivity contribution is 5.78. The normalized spacial score (nSPS) is 30.0. The summed E-state index contributed by atoms with van der Waals surface area (Å²) in [5.41, 5.74) is 3.54. The Labute approximate surface area is 125 Å². The molecular weight excluding hydrogens is 268 g/mol. The maximum Gasteiger partial charge on any atom is 0.236 e. The lowest BCUT2D eigenvalue weighted by Crippen LogP contribution is -2.37. The quantitative estimate of drug-likeness (QED) is 0.506. The zero-order chi connectivity index (χ0) is 14.7. The monoisotopic (exact) mass is 292 g/mol. The number of hydrogen-bond acceptors (Lipinski definition) is 4. The van der Waals surface area contributed by atoms with E-state index in [9.17, 15) is 4.79 Å². The number of aromatic nitrogens is 2. The first-order valence-electron chi connectivity index (χ1n) is 7.94. The van der Waals surface area contributed by atoms with Crippen molar-refractivity contribution >= 4 is 5.91 Å². The summed E-state index contributed by atoms with van der Waals surface area (Å²) in [6.07, 6.45) is 11.5. The van der Waals surface area contributed by atoms with Gasteiger partial charge in [0, 0.05) is 18.7 Å². The van der Waals surface area contributed by atoms with E-state index in [0.717, 1.165) is 45.1 Å². The van der Waals surface area contributed by atoms with Crippen LogP contribution in [-0.4, -0.2) is 22.3 Å². The Kier molecular flexibility index (Phi) is 4.55. The van der Waals surface area contributed by atoms with Gasteiger partial charge in [0.25, 0.3) is 0 Å². The summed E-state index contributed by atoms with van der Waals surface area (Å²) in [5, 5.41) is 4.48. The predicted octanol–water partition coefficient (Wildman–Crippen LogP) is 1.85. The summed E-state index contributed by atoms with van der Waals surface area (Å²) in [4.78, 5) is 11.6. The molecule has 2 heterocycles. The Morgan fingerprint density at radius 1 is 1.29 bits per heavy atom. The molecule has 2 aliphatic rings. The molecule has 0 aromatic carbocycles. The molecular formula is C15H24N4O2. The number of nitrogens with one attached hydrogen (secondary N) is 1. The highest BCUT2D eigenvalue weighted by Gasteiger charge is 2.28. The molecule has 2 fully saturated rings. The minimum Gasteiger partial charge on any atom is -0.357 e. The van der Waals surface area contributed by atoms with Crippen molar-refractivity contribution in [1.29, 1.82) is 0 Å². The molecule has 21 heavy (non-hydrogen) atoms. The molecule has 0 radical (unpaired) electrons. The number of carbonyl (C=O) groups is 1. The van der Waals surface area contributed by atoms with Gasteiger partial charge in [-0.05, 0) is 56.4 Å². The zero-order valence-electron chi connectivity index (χ0n) is 12.3. The Balaban J connectivity index is 1.58. The lowest BCUT2D eigenvalue weighted by Gasteiger charge is -2.26. The number of ether oxygens (including phenoxy) is 1. The predicted molar refractivity (Wildman–Crippen MR) is 78.1 cm³/mol. The van der Waals surface area contributed by atoms with Gasteiger partial charge in [0.1, 0.15) is 6.23 Å². The number of nitrogens with zero attached hydrogens (tertiary/aromatic N) is 2. The Bertz CT molecular complexity index is 474. The van der Waals surface area contributed by atoms with Crippen LogP contribution in [-0.2, 0) is 9.53 Å². The molecule has 1 unspecified atom stereocenters. The molecule has 3 N–H and O–H groups in total. The average molecular weight is 292 g/mol. The van der Waals surface area contributed by atoms with Crippen molar-refractivity contribution in [2.45, 2.75) is 57.1 Å². The Morgan fingerprint density at radius 3 is 2.76 bits per heavy atom. The third-order valence-electron chi connectivity index (χ3n) is 4.78. The standard InChI is InChI=1S/C15H24N4O2/c16-18-15(20)12-6-4-11(5-7-12)13-9-17-19(10-13)14-3-1-2-8-21-14/h9-12,14H,1-8,16H2,(H,18,20). The van der Waals surface area contributed by atoms with E-state index in [1.807, 2.05) is 10.9 Å². The van der Waals surface area contributed by atoms with Gasteiger partial charge >= 0.3 is 0 Å². The van der Waals surface area contributed by atoms with E-state index in [1.54, 1.807) is 0 Å². The van der Waals surface area contributed by atoms with Crippen molar-refractivity contribution in [1.82, 2.24) is 15.2 Å². The molecule has 1 aromatic rings. The Morgan fingerprint density at radius 2 is 2.10 bits per heavy atom. The van der Waals surface area contributed by atoms with Crippen LogP contribution in [0.2, 0.25) is 0 Å². The van der Waals surface area contributed by atoms with Crippen LogP contribution in [0.5, 0.6) is 0 Å². The van der Waals surface area contributed by atoms with E-state index >= 15 is 0 Å². The molecule has 1 aliphatic carbocycles. The maximum atomic E-state index is 11.6. The smallest absolute Gasteiger partial charge is 0.236 e. The van der Waals surface area contributed by atoms with Gasteiger partial charge in [0.2, 0.25) is 5.91 Å². The van der Waals surface area contributed by atoms with Crippen molar-refractivity contribution in [3.63, 3.8) is 0 Å². The summed E-state index contributed by atoms with van der Waals surface area (Å²) in [5.74, 6) is 5.76. The minimum atomic E-state index is -0.0280. The van der Waals surface area contributed by atoms with Crippen molar-refractivity contribution in [2.75, 3.05) is 6.61 Å². The summed E-state index contributed by atoms with van der Waals surface area (Å²) >= 11 is 0. The van der Waals surface area contributed by atoms with Crippen molar-refractivity contribution in [3.8, 4) is 0 Å². The van der Waals surface area contributed by atoms with Crippen molar-refractivity contribution < 1.29 is 9.53 Å².